The van der Waals surface area contributed by atoms with Crippen LogP contribution < -0.4 is 5.32 Å². The molecule has 0 aliphatic carbocycles. The molecule has 0 spiro atoms. The lowest BCUT2D eigenvalue weighted by atomic mass is 9.97. The van der Waals surface area contributed by atoms with E-state index in [9.17, 15) is 0 Å². The van der Waals surface area contributed by atoms with Crippen molar-refractivity contribution in [3.8, 4) is 0 Å². The molecule has 0 aromatic heterocycles. The number of hydrogen-bond donors (Lipinski definition) is 1. The molecule has 1 fully saturated rings. The van der Waals surface area contributed by atoms with E-state index in [4.69, 9.17) is 0 Å². The fourth-order valence-electron chi connectivity index (χ4n) is 1.96. The van der Waals surface area contributed by atoms with Crippen LogP contribution >= 0.6 is 31.9 Å². The zero-order chi connectivity index (χ0) is 10.1. The second kappa shape index (κ2) is 4.33. The van der Waals surface area contributed by atoms with Gasteiger partial charge in [-0.25, -0.2) is 0 Å². The van der Waals surface area contributed by atoms with Crippen LogP contribution in [0.1, 0.15) is 24.8 Å². The highest BCUT2D eigenvalue weighted by atomic mass is 79.9. The molecule has 76 valence electrons. The van der Waals surface area contributed by atoms with E-state index >= 15 is 0 Å². The van der Waals surface area contributed by atoms with Crippen molar-refractivity contribution in [1.29, 1.82) is 0 Å². The monoisotopic (exact) mass is 317 g/mol. The Morgan fingerprint density at radius 1 is 1.29 bits per heavy atom. The topological polar surface area (TPSA) is 12.0 Å². The Hall–Kier alpha value is 0.140. The van der Waals surface area contributed by atoms with Crippen molar-refractivity contribution in [2.24, 2.45) is 0 Å². The van der Waals surface area contributed by atoms with E-state index < -0.39 is 0 Å². The maximum atomic E-state index is 3.54. The quantitative estimate of drug-likeness (QED) is 0.833. The van der Waals surface area contributed by atoms with Gasteiger partial charge < -0.3 is 5.32 Å². The van der Waals surface area contributed by atoms with Gasteiger partial charge in [-0.15, -0.1) is 0 Å². The van der Waals surface area contributed by atoms with Crippen molar-refractivity contribution >= 4 is 31.9 Å². The first kappa shape index (κ1) is 10.7. The first-order valence-electron chi connectivity index (χ1n) is 4.85. The molecule has 2 rings (SSSR count). The predicted octanol–water partition coefficient (Wildman–Crippen LogP) is 3.68. The van der Waals surface area contributed by atoms with Gasteiger partial charge in [-0.1, -0.05) is 6.07 Å². The van der Waals surface area contributed by atoms with Crippen LogP contribution in [0.25, 0.3) is 0 Å². The average Bonchev–Trinajstić information content (AvgIpc) is 2.57. The normalized spacial score (nSPS) is 26.8. The second-order valence-electron chi connectivity index (χ2n) is 3.92. The minimum Gasteiger partial charge on any atom is -0.314 e. The van der Waals surface area contributed by atoms with Crippen LogP contribution in [-0.4, -0.2) is 12.6 Å². The Morgan fingerprint density at radius 2 is 2.07 bits per heavy atom. The van der Waals surface area contributed by atoms with Crippen molar-refractivity contribution < 1.29 is 0 Å². The zero-order valence-electron chi connectivity index (χ0n) is 8.06. The molecule has 0 bridgehead atoms. The van der Waals surface area contributed by atoms with Gasteiger partial charge in [-0.05, 0) is 68.8 Å². The van der Waals surface area contributed by atoms with E-state index in [0.717, 1.165) is 15.5 Å². The zero-order valence-corrected chi connectivity index (χ0v) is 11.2. The van der Waals surface area contributed by atoms with Crippen molar-refractivity contribution in [1.82, 2.24) is 5.32 Å². The predicted molar refractivity (Wildman–Crippen MR) is 66.7 cm³/mol. The molecule has 1 aromatic carbocycles. The number of benzene rings is 1. The fraction of sp³-hybridized carbons (Fsp3) is 0.455. The Bertz CT molecular complexity index is 338. The lowest BCUT2D eigenvalue weighted by Gasteiger charge is -2.09. The molecule has 1 aliphatic rings. The van der Waals surface area contributed by atoms with Gasteiger partial charge in [-0.2, -0.15) is 0 Å². The smallest absolute Gasteiger partial charge is 0.0320 e. The molecule has 0 saturated carbocycles. The average molecular weight is 319 g/mol. The number of rotatable bonds is 1. The van der Waals surface area contributed by atoms with E-state index in [-0.39, 0.29) is 0 Å². The molecule has 1 heterocycles. The third-order valence-electron chi connectivity index (χ3n) is 2.77. The standard InChI is InChI=1S/C11H13Br2N/c1-7-4-9(6-14-7)8-2-3-10(12)11(13)5-8/h2-3,5,7,9,14H,4,6H2,1H3. The van der Waals surface area contributed by atoms with Crippen LogP contribution in [0.5, 0.6) is 0 Å². The van der Waals surface area contributed by atoms with Crippen LogP contribution in [0, 0.1) is 0 Å². The summed E-state index contributed by atoms with van der Waals surface area (Å²) in [5, 5.41) is 3.48. The highest BCUT2D eigenvalue weighted by Gasteiger charge is 2.22. The Labute approximate surface area is 102 Å². The summed E-state index contributed by atoms with van der Waals surface area (Å²) in [5.41, 5.74) is 1.43. The third kappa shape index (κ3) is 2.20. The number of hydrogen-bond acceptors (Lipinski definition) is 1. The van der Waals surface area contributed by atoms with Crippen molar-refractivity contribution in [3.05, 3.63) is 32.7 Å². The van der Waals surface area contributed by atoms with E-state index in [1.807, 2.05) is 0 Å². The number of halogens is 2. The van der Waals surface area contributed by atoms with Crippen LogP contribution in [0.15, 0.2) is 27.1 Å². The molecule has 3 heteroatoms. The Morgan fingerprint density at radius 3 is 2.64 bits per heavy atom. The van der Waals surface area contributed by atoms with Gasteiger partial charge in [-0.3, -0.25) is 0 Å². The van der Waals surface area contributed by atoms with E-state index in [2.05, 4.69) is 62.3 Å². The molecule has 1 nitrogen and oxygen atoms in total. The Kier molecular flexibility index (Phi) is 3.30. The van der Waals surface area contributed by atoms with Gasteiger partial charge in [0, 0.05) is 21.5 Å². The molecule has 1 saturated heterocycles. The van der Waals surface area contributed by atoms with Gasteiger partial charge in [0.05, 0.1) is 0 Å². The summed E-state index contributed by atoms with van der Waals surface area (Å²) in [6.45, 7) is 3.35. The maximum Gasteiger partial charge on any atom is 0.0320 e. The minimum atomic E-state index is 0.655. The Balaban J connectivity index is 2.20. The van der Waals surface area contributed by atoms with E-state index in [0.29, 0.717) is 12.0 Å². The summed E-state index contributed by atoms with van der Waals surface area (Å²) in [6.07, 6.45) is 1.24. The van der Waals surface area contributed by atoms with Crippen LogP contribution in [0.4, 0.5) is 0 Å². The summed E-state index contributed by atoms with van der Waals surface area (Å²) >= 11 is 7.03. The molecular weight excluding hydrogens is 306 g/mol. The fourth-order valence-corrected chi connectivity index (χ4v) is 2.60. The van der Waals surface area contributed by atoms with Crippen LogP contribution in [-0.2, 0) is 0 Å². The summed E-state index contributed by atoms with van der Waals surface area (Å²) in [6, 6.07) is 7.19. The largest absolute Gasteiger partial charge is 0.314 e. The first-order chi connectivity index (χ1) is 6.66. The van der Waals surface area contributed by atoms with Gasteiger partial charge in [0.15, 0.2) is 0 Å². The summed E-state index contributed by atoms with van der Waals surface area (Å²) in [5.74, 6) is 0.675. The van der Waals surface area contributed by atoms with Crippen molar-refractivity contribution in [3.63, 3.8) is 0 Å². The van der Waals surface area contributed by atoms with Crippen LogP contribution in [0.3, 0.4) is 0 Å². The molecule has 0 radical (unpaired) electrons. The van der Waals surface area contributed by atoms with Crippen molar-refractivity contribution in [2.45, 2.75) is 25.3 Å². The minimum absolute atomic E-state index is 0.655. The summed E-state index contributed by atoms with van der Waals surface area (Å²) in [7, 11) is 0. The van der Waals surface area contributed by atoms with Gasteiger partial charge in [0.25, 0.3) is 0 Å². The highest BCUT2D eigenvalue weighted by molar-refractivity contribution is 9.13. The third-order valence-corrected chi connectivity index (χ3v) is 4.65. The molecule has 1 aromatic rings. The lowest BCUT2D eigenvalue weighted by Crippen LogP contribution is -2.16. The van der Waals surface area contributed by atoms with E-state index in [1.54, 1.807) is 0 Å². The summed E-state index contributed by atoms with van der Waals surface area (Å²) < 4.78 is 2.27. The summed E-state index contributed by atoms with van der Waals surface area (Å²) in [4.78, 5) is 0. The molecular formula is C11H13Br2N. The van der Waals surface area contributed by atoms with Gasteiger partial charge in [0.1, 0.15) is 0 Å². The van der Waals surface area contributed by atoms with E-state index in [1.165, 1.54) is 12.0 Å². The van der Waals surface area contributed by atoms with Gasteiger partial charge in [0.2, 0.25) is 0 Å². The SMILES string of the molecule is CC1CC(c2ccc(Br)c(Br)c2)CN1. The molecule has 14 heavy (non-hydrogen) atoms. The number of nitrogens with one attached hydrogen (secondary N) is 1. The lowest BCUT2D eigenvalue weighted by molar-refractivity contribution is 0.658. The molecule has 2 unspecified atom stereocenters. The maximum absolute atomic E-state index is 3.54. The molecule has 1 aliphatic heterocycles. The molecule has 2 atom stereocenters. The molecule has 1 N–H and O–H groups in total. The second-order valence-corrected chi connectivity index (χ2v) is 5.62. The molecule has 0 amide bonds. The highest BCUT2D eigenvalue weighted by Crippen LogP contribution is 2.31. The van der Waals surface area contributed by atoms with Gasteiger partial charge >= 0.3 is 0 Å². The first-order valence-corrected chi connectivity index (χ1v) is 6.43. The van der Waals surface area contributed by atoms with Crippen LogP contribution in [0.2, 0.25) is 0 Å². The van der Waals surface area contributed by atoms with Crippen molar-refractivity contribution in [2.75, 3.05) is 6.54 Å².